The lowest BCUT2D eigenvalue weighted by Crippen LogP contribution is -2.40. The first-order chi connectivity index (χ1) is 12.7. The first kappa shape index (κ1) is 16.3. The van der Waals surface area contributed by atoms with Crippen LogP contribution in [0.25, 0.3) is 0 Å². The standard InChI is InChI=1S/C21H17FN2O2/c22-17-8-9-18-16(11-17)12-19(26-18)21(25)24-20(14-5-2-1-3-6-14)15-7-4-10-23-13-15/h1-11,13,19-20H,12H2,(H,24,25)/t19-,20+/m0/s1. The highest BCUT2D eigenvalue weighted by Crippen LogP contribution is 2.30. The number of ether oxygens (including phenoxy) is 1. The molecule has 0 bridgehead atoms. The van der Waals surface area contributed by atoms with Gasteiger partial charge in [-0.3, -0.25) is 9.78 Å². The molecule has 0 radical (unpaired) electrons. The summed E-state index contributed by atoms with van der Waals surface area (Å²) in [4.78, 5) is 17.0. The number of fused-ring (bicyclic) bond motifs is 1. The average molecular weight is 348 g/mol. The molecule has 2 atom stereocenters. The van der Waals surface area contributed by atoms with Crippen molar-refractivity contribution >= 4 is 5.91 Å². The van der Waals surface area contributed by atoms with E-state index in [0.29, 0.717) is 17.7 Å². The molecule has 1 aliphatic heterocycles. The number of nitrogens with one attached hydrogen (secondary N) is 1. The van der Waals surface area contributed by atoms with Crippen LogP contribution in [0.4, 0.5) is 4.39 Å². The predicted molar refractivity (Wildman–Crippen MR) is 95.2 cm³/mol. The van der Waals surface area contributed by atoms with Crippen molar-refractivity contribution in [2.45, 2.75) is 18.6 Å². The number of carbonyl (C=O) groups excluding carboxylic acids is 1. The molecule has 1 aliphatic rings. The quantitative estimate of drug-likeness (QED) is 0.786. The zero-order valence-electron chi connectivity index (χ0n) is 13.9. The molecule has 2 aromatic carbocycles. The molecule has 0 spiro atoms. The summed E-state index contributed by atoms with van der Waals surface area (Å²) in [6, 6.07) is 17.4. The van der Waals surface area contributed by atoms with E-state index < -0.39 is 6.10 Å². The number of hydrogen-bond acceptors (Lipinski definition) is 3. The summed E-state index contributed by atoms with van der Waals surface area (Å²) >= 11 is 0. The molecule has 0 aliphatic carbocycles. The van der Waals surface area contributed by atoms with Crippen molar-refractivity contribution in [2.24, 2.45) is 0 Å². The van der Waals surface area contributed by atoms with E-state index in [1.54, 1.807) is 18.5 Å². The van der Waals surface area contributed by atoms with Gasteiger partial charge in [0.2, 0.25) is 0 Å². The number of nitrogens with zero attached hydrogens (tertiary/aromatic N) is 1. The Morgan fingerprint density at radius 2 is 1.92 bits per heavy atom. The first-order valence-electron chi connectivity index (χ1n) is 8.41. The first-order valence-corrected chi connectivity index (χ1v) is 8.41. The summed E-state index contributed by atoms with van der Waals surface area (Å²) in [5.41, 5.74) is 2.55. The van der Waals surface area contributed by atoms with Gasteiger partial charge < -0.3 is 10.1 Å². The fourth-order valence-corrected chi connectivity index (χ4v) is 3.15. The minimum Gasteiger partial charge on any atom is -0.480 e. The number of hydrogen-bond donors (Lipinski definition) is 1. The molecule has 4 rings (SSSR count). The zero-order chi connectivity index (χ0) is 17.9. The van der Waals surface area contributed by atoms with Crippen molar-refractivity contribution in [2.75, 3.05) is 0 Å². The number of pyridine rings is 1. The maximum atomic E-state index is 13.4. The molecule has 4 nitrogen and oxygen atoms in total. The molecule has 0 saturated heterocycles. The Morgan fingerprint density at radius 1 is 1.12 bits per heavy atom. The Balaban J connectivity index is 1.56. The average Bonchev–Trinajstić information content (AvgIpc) is 3.10. The maximum absolute atomic E-state index is 13.4. The van der Waals surface area contributed by atoms with Gasteiger partial charge in [0.25, 0.3) is 5.91 Å². The number of benzene rings is 2. The van der Waals surface area contributed by atoms with Crippen molar-refractivity contribution in [3.63, 3.8) is 0 Å². The number of halogens is 1. The van der Waals surface area contributed by atoms with Crippen molar-refractivity contribution in [1.29, 1.82) is 0 Å². The molecule has 1 aromatic heterocycles. The molecule has 1 amide bonds. The summed E-state index contributed by atoms with van der Waals surface area (Å²) in [5.74, 6) is -0.00515. The molecule has 3 aromatic rings. The van der Waals surface area contributed by atoms with E-state index in [1.165, 1.54) is 12.1 Å². The second-order valence-electron chi connectivity index (χ2n) is 6.20. The van der Waals surface area contributed by atoms with Crippen LogP contribution >= 0.6 is 0 Å². The molecule has 5 heteroatoms. The predicted octanol–water partition coefficient (Wildman–Crippen LogP) is 3.43. The minimum atomic E-state index is -0.672. The van der Waals surface area contributed by atoms with E-state index in [0.717, 1.165) is 11.1 Å². The van der Waals surface area contributed by atoms with Crippen LogP contribution in [0.5, 0.6) is 5.75 Å². The molecular formula is C21H17FN2O2. The van der Waals surface area contributed by atoms with Gasteiger partial charge in [-0.1, -0.05) is 36.4 Å². The third-order valence-corrected chi connectivity index (χ3v) is 4.43. The lowest BCUT2D eigenvalue weighted by atomic mass is 9.99. The van der Waals surface area contributed by atoms with E-state index in [4.69, 9.17) is 4.74 Å². The highest BCUT2D eigenvalue weighted by Gasteiger charge is 2.31. The minimum absolute atomic E-state index is 0.237. The monoisotopic (exact) mass is 348 g/mol. The summed E-state index contributed by atoms with van der Waals surface area (Å²) in [6.45, 7) is 0. The molecule has 0 saturated carbocycles. The summed E-state index contributed by atoms with van der Waals surface area (Å²) < 4.78 is 19.1. The fraction of sp³-hybridized carbons (Fsp3) is 0.143. The van der Waals surface area contributed by atoms with Crippen LogP contribution in [-0.2, 0) is 11.2 Å². The van der Waals surface area contributed by atoms with E-state index in [1.807, 2.05) is 42.5 Å². The van der Waals surface area contributed by atoms with Gasteiger partial charge in [0.05, 0.1) is 6.04 Å². The smallest absolute Gasteiger partial charge is 0.262 e. The molecular weight excluding hydrogens is 331 g/mol. The second kappa shape index (κ2) is 6.96. The highest BCUT2D eigenvalue weighted by atomic mass is 19.1. The van der Waals surface area contributed by atoms with Crippen molar-refractivity contribution in [3.05, 3.63) is 95.6 Å². The van der Waals surface area contributed by atoms with Gasteiger partial charge >= 0.3 is 0 Å². The number of rotatable bonds is 4. The molecule has 130 valence electrons. The van der Waals surface area contributed by atoms with E-state index >= 15 is 0 Å². The van der Waals surface area contributed by atoms with Gasteiger partial charge in [-0.15, -0.1) is 0 Å². The lowest BCUT2D eigenvalue weighted by molar-refractivity contribution is -0.127. The van der Waals surface area contributed by atoms with E-state index in [-0.39, 0.29) is 17.8 Å². The van der Waals surface area contributed by atoms with Crippen LogP contribution in [0, 0.1) is 5.82 Å². The van der Waals surface area contributed by atoms with Crippen LogP contribution in [0.2, 0.25) is 0 Å². The third kappa shape index (κ3) is 3.28. The van der Waals surface area contributed by atoms with E-state index in [2.05, 4.69) is 10.3 Å². The summed E-state index contributed by atoms with van der Waals surface area (Å²) in [5, 5.41) is 3.04. The van der Waals surface area contributed by atoms with Crippen LogP contribution in [0.3, 0.4) is 0 Å². The topological polar surface area (TPSA) is 51.2 Å². The highest BCUT2D eigenvalue weighted by molar-refractivity contribution is 5.83. The SMILES string of the molecule is O=C(N[C@H](c1ccccc1)c1cccnc1)[C@@H]1Cc2cc(F)ccc2O1. The van der Waals surface area contributed by atoms with Crippen LogP contribution < -0.4 is 10.1 Å². The Kier molecular flexibility index (Phi) is 4.35. The zero-order valence-corrected chi connectivity index (χ0v) is 13.9. The number of carbonyl (C=O) groups is 1. The number of aromatic nitrogens is 1. The summed E-state index contributed by atoms with van der Waals surface area (Å²) in [6.07, 6.45) is 3.11. The van der Waals surface area contributed by atoms with Crippen molar-refractivity contribution in [1.82, 2.24) is 10.3 Å². The third-order valence-electron chi connectivity index (χ3n) is 4.43. The van der Waals surface area contributed by atoms with Gasteiger partial charge in [-0.2, -0.15) is 0 Å². The largest absolute Gasteiger partial charge is 0.480 e. The lowest BCUT2D eigenvalue weighted by Gasteiger charge is -2.21. The van der Waals surface area contributed by atoms with Crippen LogP contribution in [0.1, 0.15) is 22.7 Å². The Morgan fingerprint density at radius 3 is 2.69 bits per heavy atom. The Labute approximate surface area is 150 Å². The maximum Gasteiger partial charge on any atom is 0.262 e. The Bertz CT molecular complexity index is 876. The van der Waals surface area contributed by atoms with Crippen LogP contribution in [0.15, 0.2) is 73.1 Å². The Hall–Kier alpha value is -3.21. The number of amides is 1. The van der Waals surface area contributed by atoms with Gasteiger partial charge in [-0.05, 0) is 35.4 Å². The molecule has 26 heavy (non-hydrogen) atoms. The molecule has 0 unspecified atom stereocenters. The van der Waals surface area contributed by atoms with E-state index in [9.17, 15) is 9.18 Å². The summed E-state index contributed by atoms with van der Waals surface area (Å²) in [7, 11) is 0. The van der Waals surface area contributed by atoms with Gasteiger partial charge in [0.15, 0.2) is 6.10 Å². The molecule has 1 N–H and O–H groups in total. The second-order valence-corrected chi connectivity index (χ2v) is 6.20. The van der Waals surface area contributed by atoms with Gasteiger partial charge in [-0.25, -0.2) is 4.39 Å². The molecule has 2 heterocycles. The van der Waals surface area contributed by atoms with Gasteiger partial charge in [0.1, 0.15) is 11.6 Å². The molecule has 0 fully saturated rings. The fourth-order valence-electron chi connectivity index (χ4n) is 3.15. The van der Waals surface area contributed by atoms with Gasteiger partial charge in [0, 0.05) is 24.4 Å². The normalized spacial score (nSPS) is 16.4. The van der Waals surface area contributed by atoms with Crippen molar-refractivity contribution in [3.8, 4) is 5.75 Å². The van der Waals surface area contributed by atoms with Crippen molar-refractivity contribution < 1.29 is 13.9 Å². The van der Waals surface area contributed by atoms with Crippen LogP contribution in [-0.4, -0.2) is 17.0 Å².